The second kappa shape index (κ2) is 8.40. The number of rotatable bonds is 7. The second-order valence-corrected chi connectivity index (χ2v) is 5.93. The van der Waals surface area contributed by atoms with Crippen LogP contribution in [0.4, 0.5) is 0 Å². The molecule has 2 N–H and O–H groups in total. The van der Waals surface area contributed by atoms with Gasteiger partial charge in [0.05, 0.1) is 0 Å². The van der Waals surface area contributed by atoms with Crippen molar-refractivity contribution in [3.63, 3.8) is 0 Å². The van der Waals surface area contributed by atoms with Crippen LogP contribution in [0.1, 0.15) is 44.9 Å². The summed E-state index contributed by atoms with van der Waals surface area (Å²) in [7, 11) is 0. The van der Waals surface area contributed by atoms with Gasteiger partial charge in [-0.15, -0.1) is 0 Å². The number of carbonyl (C=O) groups is 2. The molecule has 1 amide bonds. The van der Waals surface area contributed by atoms with Gasteiger partial charge in [0.2, 0.25) is 5.91 Å². The minimum absolute atomic E-state index is 0.101. The second-order valence-electron chi connectivity index (χ2n) is 4.95. The normalized spacial score (nSPS) is 18.3. The van der Waals surface area contributed by atoms with E-state index in [2.05, 4.69) is 5.32 Å². The molecule has 0 aromatic rings. The molecule has 0 heterocycles. The van der Waals surface area contributed by atoms with E-state index in [1.807, 2.05) is 6.26 Å². The Labute approximate surface area is 113 Å². The van der Waals surface area contributed by atoms with Crippen LogP contribution in [0.25, 0.3) is 0 Å². The first-order valence-corrected chi connectivity index (χ1v) is 8.04. The number of aliphatic carboxylic acids is 1. The zero-order valence-corrected chi connectivity index (χ0v) is 11.8. The van der Waals surface area contributed by atoms with Crippen LogP contribution in [-0.2, 0) is 9.59 Å². The number of nitrogens with one attached hydrogen (secondary N) is 1. The lowest BCUT2D eigenvalue weighted by Crippen LogP contribution is -2.41. The fourth-order valence-corrected chi connectivity index (χ4v) is 2.87. The Morgan fingerprint density at radius 3 is 2.56 bits per heavy atom. The maximum Gasteiger partial charge on any atom is 0.326 e. The summed E-state index contributed by atoms with van der Waals surface area (Å²) in [6.45, 7) is 0. The molecule has 1 aliphatic carbocycles. The first kappa shape index (κ1) is 15.3. The van der Waals surface area contributed by atoms with Crippen molar-refractivity contribution in [3.05, 3.63) is 0 Å². The van der Waals surface area contributed by atoms with E-state index in [1.165, 1.54) is 19.3 Å². The highest BCUT2D eigenvalue weighted by molar-refractivity contribution is 7.98. The third kappa shape index (κ3) is 5.76. The monoisotopic (exact) mass is 273 g/mol. The number of hydrogen-bond donors (Lipinski definition) is 2. The minimum Gasteiger partial charge on any atom is -0.480 e. The summed E-state index contributed by atoms with van der Waals surface area (Å²) in [6, 6.07) is -0.728. The van der Waals surface area contributed by atoms with Crippen molar-refractivity contribution in [3.8, 4) is 0 Å². The van der Waals surface area contributed by atoms with Crippen LogP contribution in [0.5, 0.6) is 0 Å². The lowest BCUT2D eigenvalue weighted by atomic mass is 9.87. The lowest BCUT2D eigenvalue weighted by Gasteiger charge is -2.22. The topological polar surface area (TPSA) is 66.4 Å². The quantitative estimate of drug-likeness (QED) is 0.747. The van der Waals surface area contributed by atoms with E-state index >= 15 is 0 Å². The molecule has 0 spiro atoms. The molecule has 0 saturated heterocycles. The smallest absolute Gasteiger partial charge is 0.326 e. The van der Waals surface area contributed by atoms with Gasteiger partial charge in [-0.25, -0.2) is 4.79 Å². The molecule has 5 heteroatoms. The number of hydrogen-bond acceptors (Lipinski definition) is 3. The maximum absolute atomic E-state index is 11.8. The minimum atomic E-state index is -0.930. The first-order chi connectivity index (χ1) is 8.63. The predicted octanol–water partition coefficient (Wildman–Crippen LogP) is 2.28. The van der Waals surface area contributed by atoms with E-state index in [0.717, 1.165) is 18.6 Å². The molecule has 0 aromatic carbocycles. The molecular formula is C13H23NO3S. The average molecular weight is 273 g/mol. The van der Waals surface area contributed by atoms with Crippen molar-refractivity contribution >= 4 is 23.6 Å². The van der Waals surface area contributed by atoms with Crippen LogP contribution in [0.15, 0.2) is 0 Å². The summed E-state index contributed by atoms with van der Waals surface area (Å²) in [5, 5.41) is 11.7. The van der Waals surface area contributed by atoms with Crippen molar-refractivity contribution in [2.24, 2.45) is 5.92 Å². The molecule has 1 aliphatic rings. The maximum atomic E-state index is 11.8. The van der Waals surface area contributed by atoms with Gasteiger partial charge in [-0.2, -0.15) is 11.8 Å². The largest absolute Gasteiger partial charge is 0.480 e. The van der Waals surface area contributed by atoms with Gasteiger partial charge in [0.1, 0.15) is 6.04 Å². The number of carboxylic acids is 1. The fourth-order valence-electron chi connectivity index (χ4n) is 2.40. The number of carbonyl (C=O) groups excluding carboxylic acids is 1. The van der Waals surface area contributed by atoms with Gasteiger partial charge >= 0.3 is 5.97 Å². The Hall–Kier alpha value is -0.710. The van der Waals surface area contributed by atoms with Gasteiger partial charge in [-0.1, -0.05) is 19.3 Å². The third-order valence-electron chi connectivity index (χ3n) is 3.44. The van der Waals surface area contributed by atoms with Crippen molar-refractivity contribution in [2.45, 2.75) is 51.0 Å². The van der Waals surface area contributed by atoms with Crippen LogP contribution in [0, 0.1) is 5.92 Å². The molecule has 1 fully saturated rings. The van der Waals surface area contributed by atoms with Crippen LogP contribution >= 0.6 is 11.8 Å². The molecule has 0 radical (unpaired) electrons. The molecule has 0 bridgehead atoms. The predicted molar refractivity (Wildman–Crippen MR) is 73.8 cm³/mol. The molecule has 4 nitrogen and oxygen atoms in total. The van der Waals surface area contributed by atoms with Crippen LogP contribution in [0.2, 0.25) is 0 Å². The van der Waals surface area contributed by atoms with Gasteiger partial charge in [-0.05, 0) is 37.2 Å². The van der Waals surface area contributed by atoms with Gasteiger partial charge in [0.15, 0.2) is 0 Å². The molecule has 1 atom stereocenters. The van der Waals surface area contributed by atoms with E-state index in [-0.39, 0.29) is 5.91 Å². The Bertz CT molecular complexity index is 277. The highest BCUT2D eigenvalue weighted by Crippen LogP contribution is 2.26. The van der Waals surface area contributed by atoms with E-state index < -0.39 is 12.0 Å². The lowest BCUT2D eigenvalue weighted by molar-refractivity contribution is -0.142. The molecule has 18 heavy (non-hydrogen) atoms. The molecule has 104 valence electrons. The standard InChI is InChI=1S/C13H23NO3S/c1-18-8-7-11(13(16)17)14-12(15)9-10-5-3-2-4-6-10/h10-11H,2-9H2,1H3,(H,14,15)(H,16,17)/t11-/m1/s1. The fraction of sp³-hybridized carbons (Fsp3) is 0.846. The van der Waals surface area contributed by atoms with Gasteiger partial charge in [-0.3, -0.25) is 4.79 Å². The van der Waals surface area contributed by atoms with Crippen molar-refractivity contribution in [2.75, 3.05) is 12.0 Å². The molecule has 0 aromatic heterocycles. The Kier molecular flexibility index (Phi) is 7.16. The van der Waals surface area contributed by atoms with Crippen LogP contribution in [0.3, 0.4) is 0 Å². The molecule has 1 rings (SSSR count). The summed E-state index contributed by atoms with van der Waals surface area (Å²) < 4.78 is 0. The Balaban J connectivity index is 2.32. The van der Waals surface area contributed by atoms with Crippen molar-refractivity contribution in [1.29, 1.82) is 0 Å². The zero-order valence-electron chi connectivity index (χ0n) is 11.0. The highest BCUT2D eigenvalue weighted by atomic mass is 32.2. The Morgan fingerprint density at radius 1 is 1.33 bits per heavy atom. The summed E-state index contributed by atoms with van der Waals surface area (Å²) in [4.78, 5) is 22.8. The number of amides is 1. The van der Waals surface area contributed by atoms with Crippen LogP contribution < -0.4 is 5.32 Å². The van der Waals surface area contributed by atoms with E-state index in [1.54, 1.807) is 11.8 Å². The van der Waals surface area contributed by atoms with Gasteiger partial charge in [0.25, 0.3) is 0 Å². The molecular weight excluding hydrogens is 250 g/mol. The first-order valence-electron chi connectivity index (χ1n) is 6.64. The average Bonchev–Trinajstić information content (AvgIpc) is 2.35. The summed E-state index contributed by atoms with van der Waals surface area (Å²) >= 11 is 1.60. The van der Waals surface area contributed by atoms with E-state index in [9.17, 15) is 9.59 Å². The molecule has 1 saturated carbocycles. The van der Waals surface area contributed by atoms with Crippen molar-refractivity contribution < 1.29 is 14.7 Å². The van der Waals surface area contributed by atoms with Gasteiger partial charge < -0.3 is 10.4 Å². The van der Waals surface area contributed by atoms with Crippen LogP contribution in [-0.4, -0.2) is 35.0 Å². The van der Waals surface area contributed by atoms with E-state index in [4.69, 9.17) is 5.11 Å². The summed E-state index contributed by atoms with van der Waals surface area (Å²) in [5.41, 5.74) is 0. The Morgan fingerprint density at radius 2 is 2.00 bits per heavy atom. The summed E-state index contributed by atoms with van der Waals surface area (Å²) in [6.07, 6.45) is 8.80. The molecule has 0 aliphatic heterocycles. The summed E-state index contributed by atoms with van der Waals surface area (Å²) in [5.74, 6) is 0.172. The number of thioether (sulfide) groups is 1. The van der Waals surface area contributed by atoms with Crippen molar-refractivity contribution in [1.82, 2.24) is 5.32 Å². The highest BCUT2D eigenvalue weighted by Gasteiger charge is 2.22. The third-order valence-corrected chi connectivity index (χ3v) is 4.09. The van der Waals surface area contributed by atoms with E-state index in [0.29, 0.717) is 18.8 Å². The number of carboxylic acid groups (broad SMARTS) is 1. The van der Waals surface area contributed by atoms with Gasteiger partial charge in [0, 0.05) is 6.42 Å². The molecule has 0 unspecified atom stereocenters. The zero-order chi connectivity index (χ0) is 13.4. The SMILES string of the molecule is CSCC[C@@H](NC(=O)CC1CCCCC1)C(=O)O.